The highest BCUT2D eigenvalue weighted by Crippen LogP contribution is 2.21. The monoisotopic (exact) mass is 219 g/mol. The van der Waals surface area contributed by atoms with Crippen molar-refractivity contribution in [3.05, 3.63) is 41.1 Å². The fourth-order valence-corrected chi connectivity index (χ4v) is 1.58. The number of hydrogen-bond donors (Lipinski definition) is 2. The summed E-state index contributed by atoms with van der Waals surface area (Å²) in [6, 6.07) is 4.67. The molecule has 82 valence electrons. The quantitative estimate of drug-likeness (QED) is 0.755. The predicted octanol–water partition coefficient (Wildman–Crippen LogP) is 1.85. The van der Waals surface area contributed by atoms with E-state index in [1.165, 1.54) is 18.3 Å². The standard InChI is InChI=1S/C11H9NO4/c13-10(14)8-2-1-7-3-4-12(11(15)16)6-9(7)5-8/h1-5H,6H2,(H,13,14)(H,15,16). The summed E-state index contributed by atoms with van der Waals surface area (Å²) in [5.41, 5.74) is 1.71. The van der Waals surface area contributed by atoms with E-state index in [1.807, 2.05) is 0 Å². The Morgan fingerprint density at radius 3 is 2.62 bits per heavy atom. The number of fused-ring (bicyclic) bond motifs is 1. The van der Waals surface area contributed by atoms with E-state index in [2.05, 4.69) is 0 Å². The molecule has 1 aromatic carbocycles. The Morgan fingerprint density at radius 2 is 2.00 bits per heavy atom. The van der Waals surface area contributed by atoms with Crippen LogP contribution in [-0.2, 0) is 6.54 Å². The Hall–Kier alpha value is -2.30. The van der Waals surface area contributed by atoms with Crippen LogP contribution in [0.25, 0.3) is 6.08 Å². The number of aromatic carboxylic acids is 1. The second-order valence-corrected chi connectivity index (χ2v) is 3.44. The molecule has 2 N–H and O–H groups in total. The Balaban J connectivity index is 2.38. The lowest BCUT2D eigenvalue weighted by Gasteiger charge is -2.20. The number of carbonyl (C=O) groups is 2. The van der Waals surface area contributed by atoms with Crippen LogP contribution in [0.1, 0.15) is 21.5 Å². The molecule has 2 rings (SSSR count). The zero-order valence-corrected chi connectivity index (χ0v) is 8.25. The summed E-state index contributed by atoms with van der Waals surface area (Å²) in [5.74, 6) is -1.01. The van der Waals surface area contributed by atoms with E-state index in [4.69, 9.17) is 10.2 Å². The predicted molar refractivity (Wildman–Crippen MR) is 56.0 cm³/mol. The molecule has 0 bridgehead atoms. The average Bonchev–Trinajstić information content (AvgIpc) is 2.27. The van der Waals surface area contributed by atoms with Gasteiger partial charge in [0.15, 0.2) is 0 Å². The van der Waals surface area contributed by atoms with Gasteiger partial charge in [-0.3, -0.25) is 4.90 Å². The minimum atomic E-state index is -1.05. The van der Waals surface area contributed by atoms with E-state index < -0.39 is 12.1 Å². The molecule has 0 spiro atoms. The molecular formula is C11H9NO4. The van der Waals surface area contributed by atoms with E-state index in [1.54, 1.807) is 12.1 Å². The molecule has 1 aromatic rings. The van der Waals surface area contributed by atoms with Crippen molar-refractivity contribution < 1.29 is 19.8 Å². The van der Waals surface area contributed by atoms with Crippen molar-refractivity contribution in [2.24, 2.45) is 0 Å². The molecular weight excluding hydrogens is 210 g/mol. The molecule has 16 heavy (non-hydrogen) atoms. The SMILES string of the molecule is O=C(O)c1ccc2c(c1)CN(C(=O)O)C=C2. The van der Waals surface area contributed by atoms with Crippen molar-refractivity contribution in [2.75, 3.05) is 0 Å². The van der Waals surface area contributed by atoms with Crippen LogP contribution in [0, 0.1) is 0 Å². The highest BCUT2D eigenvalue weighted by Gasteiger charge is 2.16. The van der Waals surface area contributed by atoms with Gasteiger partial charge in [-0.25, -0.2) is 9.59 Å². The van der Waals surface area contributed by atoms with Gasteiger partial charge in [-0.1, -0.05) is 6.07 Å². The Kier molecular flexibility index (Phi) is 2.36. The maximum Gasteiger partial charge on any atom is 0.411 e. The number of rotatable bonds is 1. The number of hydrogen-bond acceptors (Lipinski definition) is 2. The van der Waals surface area contributed by atoms with Crippen LogP contribution in [0.5, 0.6) is 0 Å². The maximum atomic E-state index is 10.8. The maximum absolute atomic E-state index is 10.8. The van der Waals surface area contributed by atoms with Crippen molar-refractivity contribution >= 4 is 18.1 Å². The molecule has 5 nitrogen and oxygen atoms in total. The third kappa shape index (κ3) is 1.75. The average molecular weight is 219 g/mol. The minimum Gasteiger partial charge on any atom is -0.478 e. The van der Waals surface area contributed by atoms with E-state index in [-0.39, 0.29) is 12.1 Å². The van der Waals surface area contributed by atoms with Gasteiger partial charge in [0.2, 0.25) is 0 Å². The molecule has 1 aliphatic heterocycles. The highest BCUT2D eigenvalue weighted by molar-refractivity contribution is 5.88. The van der Waals surface area contributed by atoms with Crippen molar-refractivity contribution in [3.8, 4) is 0 Å². The molecule has 1 amide bonds. The number of amides is 1. The topological polar surface area (TPSA) is 77.8 Å². The van der Waals surface area contributed by atoms with Gasteiger partial charge in [-0.15, -0.1) is 0 Å². The van der Waals surface area contributed by atoms with Crippen molar-refractivity contribution in [3.63, 3.8) is 0 Å². The molecule has 0 fully saturated rings. The first-order valence-electron chi connectivity index (χ1n) is 4.62. The third-order valence-electron chi connectivity index (χ3n) is 2.41. The molecule has 0 radical (unpaired) electrons. The van der Waals surface area contributed by atoms with Crippen LogP contribution in [0.3, 0.4) is 0 Å². The summed E-state index contributed by atoms with van der Waals surface area (Å²) >= 11 is 0. The Labute approximate surface area is 91.2 Å². The first-order chi connectivity index (χ1) is 7.58. The normalized spacial score (nSPS) is 13.4. The summed E-state index contributed by atoms with van der Waals surface area (Å²) in [6.07, 6.45) is 2.06. The second-order valence-electron chi connectivity index (χ2n) is 3.44. The number of carboxylic acids is 1. The van der Waals surface area contributed by atoms with Crippen molar-refractivity contribution in [1.82, 2.24) is 4.90 Å². The highest BCUT2D eigenvalue weighted by atomic mass is 16.4. The van der Waals surface area contributed by atoms with Crippen LogP contribution in [0.15, 0.2) is 24.4 Å². The number of carboxylic acid groups (broad SMARTS) is 2. The lowest BCUT2D eigenvalue weighted by Crippen LogP contribution is -2.25. The summed E-state index contributed by atoms with van der Waals surface area (Å²) < 4.78 is 0. The molecule has 1 aliphatic rings. The van der Waals surface area contributed by atoms with E-state index in [0.717, 1.165) is 10.5 Å². The Morgan fingerprint density at radius 1 is 1.25 bits per heavy atom. The van der Waals surface area contributed by atoms with Gasteiger partial charge in [-0.05, 0) is 29.3 Å². The first kappa shape index (κ1) is 10.2. The number of nitrogens with zero attached hydrogens (tertiary/aromatic N) is 1. The fourth-order valence-electron chi connectivity index (χ4n) is 1.58. The van der Waals surface area contributed by atoms with Gasteiger partial charge in [0.05, 0.1) is 12.1 Å². The van der Waals surface area contributed by atoms with Crippen LogP contribution < -0.4 is 0 Å². The van der Waals surface area contributed by atoms with Gasteiger partial charge >= 0.3 is 12.1 Å². The largest absolute Gasteiger partial charge is 0.478 e. The van der Waals surface area contributed by atoms with Crippen LogP contribution in [-0.4, -0.2) is 27.2 Å². The first-order valence-corrected chi connectivity index (χ1v) is 4.62. The molecule has 0 saturated heterocycles. The van der Waals surface area contributed by atoms with Gasteiger partial charge < -0.3 is 10.2 Å². The van der Waals surface area contributed by atoms with Gasteiger partial charge in [-0.2, -0.15) is 0 Å². The smallest absolute Gasteiger partial charge is 0.411 e. The van der Waals surface area contributed by atoms with E-state index in [0.29, 0.717) is 5.56 Å². The summed E-state index contributed by atoms with van der Waals surface area (Å²) in [5, 5.41) is 17.6. The van der Waals surface area contributed by atoms with Gasteiger partial charge in [0, 0.05) is 6.20 Å². The Bertz CT molecular complexity index is 493. The van der Waals surface area contributed by atoms with Crippen LogP contribution in [0.2, 0.25) is 0 Å². The molecule has 0 atom stereocenters. The van der Waals surface area contributed by atoms with Crippen LogP contribution >= 0.6 is 0 Å². The second kappa shape index (κ2) is 3.69. The zero-order valence-electron chi connectivity index (χ0n) is 8.25. The summed E-state index contributed by atoms with van der Waals surface area (Å²) in [6.45, 7) is 0.183. The molecule has 0 aromatic heterocycles. The molecule has 0 aliphatic carbocycles. The molecule has 0 saturated carbocycles. The lowest BCUT2D eigenvalue weighted by atomic mass is 10.0. The van der Waals surface area contributed by atoms with Crippen LogP contribution in [0.4, 0.5) is 4.79 Å². The zero-order chi connectivity index (χ0) is 11.7. The molecule has 1 heterocycles. The van der Waals surface area contributed by atoms with E-state index >= 15 is 0 Å². The fraction of sp³-hybridized carbons (Fsp3) is 0.0909. The third-order valence-corrected chi connectivity index (χ3v) is 2.41. The van der Waals surface area contributed by atoms with Gasteiger partial charge in [0.25, 0.3) is 0 Å². The summed E-state index contributed by atoms with van der Waals surface area (Å²) in [4.78, 5) is 22.6. The summed E-state index contributed by atoms with van der Waals surface area (Å²) in [7, 11) is 0. The molecule has 0 unspecified atom stereocenters. The van der Waals surface area contributed by atoms with E-state index in [9.17, 15) is 9.59 Å². The van der Waals surface area contributed by atoms with Crippen molar-refractivity contribution in [2.45, 2.75) is 6.54 Å². The number of benzene rings is 1. The minimum absolute atomic E-state index is 0.166. The van der Waals surface area contributed by atoms with Crippen molar-refractivity contribution in [1.29, 1.82) is 0 Å². The van der Waals surface area contributed by atoms with Gasteiger partial charge in [0.1, 0.15) is 0 Å². The lowest BCUT2D eigenvalue weighted by molar-refractivity contribution is 0.0696. The molecule has 5 heteroatoms.